The first-order chi connectivity index (χ1) is 62.2. The fourth-order valence-electron chi connectivity index (χ4n) is 18.5. The van der Waals surface area contributed by atoms with Gasteiger partial charge in [-0.05, 0) is 246 Å². The van der Waals surface area contributed by atoms with Crippen LogP contribution >= 0.6 is 0 Å². The molecule has 0 atom stereocenters. The van der Waals surface area contributed by atoms with Gasteiger partial charge in [-0.2, -0.15) is 31.6 Å². The molecule has 0 N–H and O–H groups in total. The van der Waals surface area contributed by atoms with E-state index >= 15 is 0 Å². The molecule has 9 heterocycles. The van der Waals surface area contributed by atoms with Crippen LogP contribution in [0.5, 0.6) is 0 Å². The van der Waals surface area contributed by atoms with E-state index in [0.717, 1.165) is 199 Å². The summed E-state index contributed by atoms with van der Waals surface area (Å²) in [6.45, 7) is 0. The van der Waals surface area contributed by atoms with E-state index in [2.05, 4.69) is 240 Å². The summed E-state index contributed by atoms with van der Waals surface area (Å²) in [6.07, 6.45) is 5.49. The molecule has 0 saturated carbocycles. The fraction of sp³-hybridized carbons (Fsp3) is 0. The summed E-state index contributed by atoms with van der Waals surface area (Å²) in [7, 11) is 0. The molecule has 0 aliphatic heterocycles. The van der Waals surface area contributed by atoms with Crippen molar-refractivity contribution in [3.05, 3.63) is 416 Å². The van der Waals surface area contributed by atoms with Crippen LogP contribution < -0.4 is 0 Å². The molecule has 0 fully saturated rings. The molecule has 582 valence electrons. The van der Waals surface area contributed by atoms with Crippen LogP contribution in [0.25, 0.3) is 199 Å². The van der Waals surface area contributed by atoms with Crippen LogP contribution in [0.1, 0.15) is 33.4 Å². The number of fused-ring (bicyclic) bond motifs is 18. The average Bonchev–Trinajstić information content (AvgIpc) is 1.58. The number of nitriles is 6. The summed E-state index contributed by atoms with van der Waals surface area (Å²) in [5, 5.41) is 70.9. The number of hydrogen-bond donors (Lipinski definition) is 0. The number of benzene rings is 15. The van der Waals surface area contributed by atoms with E-state index in [1.165, 1.54) is 0 Å². The molecule has 9 aromatic heterocycles. The average molecular weight is 1610 g/mol. The SMILES string of the molecule is N#Cc1ccc(-c2cc(-n3c4ccccc4c4cc(C#N)ccc43)cc(-n3c4ccccc4c4cccnc43)c2)cc1.N#Cc1ccc2c(c1)c1ccccc1n2-c1cc(-c2ccccc2C#N)cc(-n2c3ccccc3c3cccnc32)c1.N#Cc1cccc(-c2cc(-n3c4ccccc4c4cc(C#N)ccc43)cc(-n3c4ccccc4c4cccnc43)c2)c1. The predicted octanol–water partition coefficient (Wildman–Crippen LogP) is 26.1. The minimum Gasteiger partial charge on any atom is -0.309 e. The van der Waals surface area contributed by atoms with Crippen LogP contribution in [0.15, 0.2) is 383 Å². The van der Waals surface area contributed by atoms with Crippen molar-refractivity contribution in [1.82, 2.24) is 42.4 Å². The summed E-state index contributed by atoms with van der Waals surface area (Å²) >= 11 is 0. The summed E-state index contributed by atoms with van der Waals surface area (Å²) < 4.78 is 13.4. The molecule has 15 heteroatoms. The van der Waals surface area contributed by atoms with Gasteiger partial charge in [0, 0.05) is 100 Å². The zero-order valence-corrected chi connectivity index (χ0v) is 67.1. The molecule has 15 nitrogen and oxygen atoms in total. The van der Waals surface area contributed by atoms with Gasteiger partial charge in [-0.3, -0.25) is 13.7 Å². The lowest BCUT2D eigenvalue weighted by Gasteiger charge is -2.16. The number of aromatic nitrogens is 9. The third-order valence-electron chi connectivity index (χ3n) is 24.0. The first-order valence-electron chi connectivity index (χ1n) is 41.0. The highest BCUT2D eigenvalue weighted by molar-refractivity contribution is 6.15. The largest absolute Gasteiger partial charge is 0.309 e. The quantitative estimate of drug-likeness (QED) is 0.134. The molecule has 0 spiro atoms. The third-order valence-corrected chi connectivity index (χ3v) is 24.0. The van der Waals surface area contributed by atoms with Gasteiger partial charge < -0.3 is 13.7 Å². The Labute approximate surface area is 720 Å². The van der Waals surface area contributed by atoms with Crippen LogP contribution in [0.3, 0.4) is 0 Å². The van der Waals surface area contributed by atoms with Gasteiger partial charge in [-0.1, -0.05) is 152 Å². The number of nitrogens with zero attached hydrogens (tertiary/aromatic N) is 15. The number of rotatable bonds is 9. The minimum atomic E-state index is 0.610. The van der Waals surface area contributed by atoms with E-state index in [0.29, 0.717) is 33.4 Å². The second-order valence-corrected chi connectivity index (χ2v) is 31.0. The van der Waals surface area contributed by atoms with Crippen LogP contribution in [0.4, 0.5) is 0 Å². The summed E-state index contributed by atoms with van der Waals surface area (Å²) in [6, 6.07) is 136. The Bertz CT molecular complexity index is 8810. The van der Waals surface area contributed by atoms with Crippen molar-refractivity contribution < 1.29 is 0 Å². The lowest BCUT2D eigenvalue weighted by Crippen LogP contribution is -2.01. The van der Waals surface area contributed by atoms with E-state index in [1.807, 2.05) is 207 Å². The molecule has 0 amide bonds. The monoisotopic (exact) mass is 1610 g/mol. The second kappa shape index (κ2) is 30.4. The molecular formula is C111H63N15. The first kappa shape index (κ1) is 73.8. The van der Waals surface area contributed by atoms with Crippen LogP contribution in [0.2, 0.25) is 0 Å². The topological polar surface area (TPSA) is 211 Å². The first-order valence-corrected chi connectivity index (χ1v) is 41.0. The van der Waals surface area contributed by atoms with Gasteiger partial charge in [-0.15, -0.1) is 0 Å². The Morgan fingerprint density at radius 3 is 0.825 bits per heavy atom. The molecule has 0 saturated heterocycles. The second-order valence-electron chi connectivity index (χ2n) is 31.0. The van der Waals surface area contributed by atoms with Gasteiger partial charge in [0.1, 0.15) is 16.9 Å². The van der Waals surface area contributed by atoms with Gasteiger partial charge in [0.2, 0.25) is 0 Å². The van der Waals surface area contributed by atoms with Gasteiger partial charge in [0.05, 0.1) is 137 Å². The zero-order valence-electron chi connectivity index (χ0n) is 67.1. The zero-order chi connectivity index (χ0) is 84.6. The van der Waals surface area contributed by atoms with Crippen molar-refractivity contribution in [2.24, 2.45) is 0 Å². The molecule has 0 bridgehead atoms. The number of pyridine rings is 3. The highest BCUT2D eigenvalue weighted by Gasteiger charge is 2.24. The Balaban J connectivity index is 0.000000112. The molecular weight excluding hydrogens is 1540 g/mol. The maximum Gasteiger partial charge on any atom is 0.145 e. The van der Waals surface area contributed by atoms with E-state index in [4.69, 9.17) is 15.0 Å². The molecule has 126 heavy (non-hydrogen) atoms. The van der Waals surface area contributed by atoms with Crippen molar-refractivity contribution in [2.75, 3.05) is 0 Å². The lowest BCUT2D eigenvalue weighted by atomic mass is 9.99. The summed E-state index contributed by atoms with van der Waals surface area (Å²) in [5.41, 5.74) is 27.4. The molecule has 0 aliphatic carbocycles. The standard InChI is InChI=1S/3C37H21N5/c38-22-24-7-5-8-26(17-24)27-19-28(41-34-12-3-2-10-31(34)33-18-25(23-39)14-15-36(33)41)21-29(20-27)42-35-13-4-1-9-30(35)32-11-6-16-40-37(32)42;38-22-24-11-14-26(15-12-24)27-19-28(41-34-9-3-2-7-31(34)33-18-25(23-39)13-16-36(33)41)21-29(20-27)42-35-10-4-1-6-30(35)32-8-5-17-40-37(32)42;38-22-24-15-16-36-33(18-24)31-11-4-5-13-34(31)41(36)27-19-26(29-9-2-1-8-25(29)23-39)20-28(21-27)42-35-14-6-3-10-30(35)32-12-7-17-40-37(32)42/h3*1-21H. The third kappa shape index (κ3) is 12.3. The number of hydrogen-bond acceptors (Lipinski definition) is 9. The summed E-state index contributed by atoms with van der Waals surface area (Å²) in [4.78, 5) is 14.5. The predicted molar refractivity (Wildman–Crippen MR) is 503 cm³/mol. The molecule has 24 rings (SSSR count). The Hall–Kier alpha value is -18.5. The van der Waals surface area contributed by atoms with E-state index in [9.17, 15) is 31.6 Å². The fourth-order valence-corrected chi connectivity index (χ4v) is 18.5. The van der Waals surface area contributed by atoms with Crippen molar-refractivity contribution in [3.63, 3.8) is 0 Å². The van der Waals surface area contributed by atoms with Crippen LogP contribution in [0, 0.1) is 68.0 Å². The maximum absolute atomic E-state index is 10.0. The van der Waals surface area contributed by atoms with Crippen molar-refractivity contribution in [3.8, 4) is 104 Å². The molecule has 0 aliphatic rings. The van der Waals surface area contributed by atoms with E-state index in [1.54, 1.807) is 0 Å². The normalized spacial score (nSPS) is 11.3. The lowest BCUT2D eigenvalue weighted by molar-refractivity contribution is 1.11. The van der Waals surface area contributed by atoms with Gasteiger partial charge in [-0.25, -0.2) is 15.0 Å². The van der Waals surface area contributed by atoms with Gasteiger partial charge in [0.25, 0.3) is 0 Å². The van der Waals surface area contributed by atoms with Gasteiger partial charge in [0.15, 0.2) is 0 Å². The molecule has 0 radical (unpaired) electrons. The molecule has 24 aromatic rings. The molecule has 0 unspecified atom stereocenters. The smallest absolute Gasteiger partial charge is 0.145 e. The summed E-state index contributed by atoms with van der Waals surface area (Å²) in [5.74, 6) is 0. The number of para-hydroxylation sites is 6. The van der Waals surface area contributed by atoms with E-state index in [-0.39, 0.29) is 0 Å². The van der Waals surface area contributed by atoms with Crippen molar-refractivity contribution >= 4 is 131 Å². The van der Waals surface area contributed by atoms with Crippen molar-refractivity contribution in [1.29, 1.82) is 31.6 Å². The highest BCUT2D eigenvalue weighted by atomic mass is 15.1. The van der Waals surface area contributed by atoms with Crippen molar-refractivity contribution in [2.45, 2.75) is 0 Å². The Kier molecular flexibility index (Phi) is 17.8. The highest BCUT2D eigenvalue weighted by Crippen LogP contribution is 2.44. The van der Waals surface area contributed by atoms with Gasteiger partial charge >= 0.3 is 0 Å². The van der Waals surface area contributed by atoms with Crippen LogP contribution in [-0.2, 0) is 0 Å². The Morgan fingerprint density at radius 2 is 0.460 bits per heavy atom. The molecule has 15 aromatic carbocycles. The maximum atomic E-state index is 10.0. The Morgan fingerprint density at radius 1 is 0.175 bits per heavy atom. The minimum absolute atomic E-state index is 0.610. The van der Waals surface area contributed by atoms with Crippen LogP contribution in [-0.4, -0.2) is 42.4 Å². The van der Waals surface area contributed by atoms with E-state index < -0.39 is 0 Å².